The summed E-state index contributed by atoms with van der Waals surface area (Å²) >= 11 is 0. The lowest BCUT2D eigenvalue weighted by molar-refractivity contribution is -0.112. The summed E-state index contributed by atoms with van der Waals surface area (Å²) in [6.07, 6.45) is 3.36. The fourth-order valence-corrected chi connectivity index (χ4v) is 3.48. The van der Waals surface area contributed by atoms with Crippen molar-refractivity contribution in [3.05, 3.63) is 89.8 Å². The Morgan fingerprint density at radius 1 is 1.07 bits per heavy atom. The van der Waals surface area contributed by atoms with E-state index in [-0.39, 0.29) is 5.91 Å². The molecule has 0 saturated carbocycles. The van der Waals surface area contributed by atoms with Crippen LogP contribution in [0.25, 0.3) is 5.69 Å². The Morgan fingerprint density at radius 3 is 2.55 bits per heavy atom. The van der Waals surface area contributed by atoms with E-state index in [4.69, 9.17) is 0 Å². The van der Waals surface area contributed by atoms with E-state index in [2.05, 4.69) is 21.9 Å². The summed E-state index contributed by atoms with van der Waals surface area (Å²) in [5.41, 5.74) is 5.63. The van der Waals surface area contributed by atoms with Crippen molar-refractivity contribution in [3.8, 4) is 5.69 Å². The van der Waals surface area contributed by atoms with Gasteiger partial charge in [0.05, 0.1) is 29.0 Å². The van der Waals surface area contributed by atoms with Crippen molar-refractivity contribution >= 4 is 23.5 Å². The number of carbonyl (C=O) groups is 1. The van der Waals surface area contributed by atoms with Gasteiger partial charge in [0.15, 0.2) is 5.71 Å². The molecule has 0 saturated heterocycles. The zero-order valence-corrected chi connectivity index (χ0v) is 16.4. The van der Waals surface area contributed by atoms with Crippen molar-refractivity contribution in [2.45, 2.75) is 13.8 Å². The lowest BCUT2D eigenvalue weighted by Gasteiger charge is -2.13. The first-order valence-corrected chi connectivity index (χ1v) is 9.36. The molecule has 0 N–H and O–H groups in total. The second kappa shape index (κ2) is 7.67. The van der Waals surface area contributed by atoms with Gasteiger partial charge in [-0.2, -0.15) is 10.2 Å². The van der Waals surface area contributed by atoms with E-state index in [0.29, 0.717) is 12.3 Å². The first-order chi connectivity index (χ1) is 14.1. The van der Waals surface area contributed by atoms with Gasteiger partial charge >= 0.3 is 0 Å². The highest BCUT2D eigenvalue weighted by molar-refractivity contribution is 6.54. The van der Waals surface area contributed by atoms with Crippen LogP contribution in [0.3, 0.4) is 0 Å². The SMILES string of the molecule is C=CCN1C(=O)/C(=N/N=C\c2c(C)nn(-c3ccccc3)c2C)c2ccccc21. The predicted molar refractivity (Wildman–Crippen MR) is 116 cm³/mol. The van der Waals surface area contributed by atoms with E-state index in [9.17, 15) is 4.79 Å². The molecule has 6 nitrogen and oxygen atoms in total. The summed E-state index contributed by atoms with van der Waals surface area (Å²) in [5.74, 6) is -0.170. The first kappa shape index (κ1) is 18.6. The minimum Gasteiger partial charge on any atom is -0.302 e. The third kappa shape index (κ3) is 3.29. The van der Waals surface area contributed by atoms with Crippen LogP contribution in [-0.2, 0) is 4.79 Å². The summed E-state index contributed by atoms with van der Waals surface area (Å²) in [6, 6.07) is 17.5. The number of rotatable bonds is 5. The van der Waals surface area contributed by atoms with E-state index in [0.717, 1.165) is 33.9 Å². The number of benzene rings is 2. The minimum absolute atomic E-state index is 0.170. The summed E-state index contributed by atoms with van der Waals surface area (Å²) in [6.45, 7) is 8.09. The Labute approximate surface area is 169 Å². The van der Waals surface area contributed by atoms with Crippen LogP contribution in [-0.4, -0.2) is 34.2 Å². The molecule has 0 spiro atoms. The molecule has 29 heavy (non-hydrogen) atoms. The molecule has 1 amide bonds. The molecule has 2 aromatic carbocycles. The molecule has 1 aromatic heterocycles. The Hall–Kier alpha value is -3.80. The van der Waals surface area contributed by atoms with Crippen molar-refractivity contribution in [3.63, 3.8) is 0 Å². The molecule has 0 aliphatic carbocycles. The van der Waals surface area contributed by atoms with Gasteiger partial charge < -0.3 is 4.90 Å². The van der Waals surface area contributed by atoms with Crippen LogP contribution in [0.2, 0.25) is 0 Å². The maximum atomic E-state index is 12.8. The predicted octanol–water partition coefficient (Wildman–Crippen LogP) is 3.84. The fourth-order valence-electron chi connectivity index (χ4n) is 3.48. The molecule has 0 atom stereocenters. The molecule has 144 valence electrons. The Bertz CT molecular complexity index is 1140. The number of aryl methyl sites for hydroxylation is 1. The van der Waals surface area contributed by atoms with E-state index >= 15 is 0 Å². The Morgan fingerprint density at radius 2 is 1.79 bits per heavy atom. The van der Waals surface area contributed by atoms with Crippen LogP contribution < -0.4 is 4.90 Å². The third-order valence-electron chi connectivity index (χ3n) is 4.90. The number of aromatic nitrogens is 2. The van der Waals surface area contributed by atoms with Crippen molar-refractivity contribution < 1.29 is 4.79 Å². The van der Waals surface area contributed by atoms with Crippen LogP contribution >= 0.6 is 0 Å². The zero-order chi connectivity index (χ0) is 20.4. The van der Waals surface area contributed by atoms with Gasteiger partial charge in [-0.1, -0.05) is 42.5 Å². The van der Waals surface area contributed by atoms with Crippen LogP contribution in [0.1, 0.15) is 22.5 Å². The highest BCUT2D eigenvalue weighted by Gasteiger charge is 2.33. The van der Waals surface area contributed by atoms with Gasteiger partial charge in [-0.15, -0.1) is 11.7 Å². The second-order valence-corrected chi connectivity index (χ2v) is 6.75. The summed E-state index contributed by atoms with van der Waals surface area (Å²) < 4.78 is 1.88. The normalized spacial score (nSPS) is 14.8. The van der Waals surface area contributed by atoms with E-state index < -0.39 is 0 Å². The van der Waals surface area contributed by atoms with Crippen molar-refractivity contribution in [2.75, 3.05) is 11.4 Å². The van der Waals surface area contributed by atoms with Crippen LogP contribution in [0.5, 0.6) is 0 Å². The maximum absolute atomic E-state index is 12.8. The molecule has 1 aliphatic heterocycles. The smallest absolute Gasteiger partial charge is 0.279 e. The van der Waals surface area contributed by atoms with E-state index in [1.165, 1.54) is 0 Å². The van der Waals surface area contributed by atoms with Gasteiger partial charge in [0.2, 0.25) is 0 Å². The van der Waals surface area contributed by atoms with Crippen LogP contribution in [0, 0.1) is 13.8 Å². The molecule has 0 bridgehead atoms. The van der Waals surface area contributed by atoms with Crippen molar-refractivity contribution in [2.24, 2.45) is 10.2 Å². The summed E-state index contributed by atoms with van der Waals surface area (Å²) in [5, 5.41) is 13.1. The highest BCUT2D eigenvalue weighted by Crippen LogP contribution is 2.29. The summed E-state index contributed by atoms with van der Waals surface area (Å²) in [4.78, 5) is 14.4. The third-order valence-corrected chi connectivity index (χ3v) is 4.90. The molecule has 3 aromatic rings. The van der Waals surface area contributed by atoms with Gasteiger partial charge in [0, 0.05) is 17.7 Å². The number of hydrogen-bond donors (Lipinski definition) is 0. The molecule has 0 fully saturated rings. The topological polar surface area (TPSA) is 62.9 Å². The van der Waals surface area contributed by atoms with Gasteiger partial charge in [0.1, 0.15) is 0 Å². The fraction of sp³-hybridized carbons (Fsp3) is 0.130. The van der Waals surface area contributed by atoms with Gasteiger partial charge in [-0.25, -0.2) is 4.68 Å². The van der Waals surface area contributed by atoms with Gasteiger partial charge in [0.25, 0.3) is 5.91 Å². The molecule has 6 heteroatoms. The zero-order valence-electron chi connectivity index (χ0n) is 16.4. The number of nitrogens with zero attached hydrogens (tertiary/aromatic N) is 5. The number of hydrogen-bond acceptors (Lipinski definition) is 4. The number of fused-ring (bicyclic) bond motifs is 1. The Kier molecular flexibility index (Phi) is 4.91. The minimum atomic E-state index is -0.170. The average molecular weight is 383 g/mol. The van der Waals surface area contributed by atoms with Crippen LogP contribution in [0.4, 0.5) is 5.69 Å². The monoisotopic (exact) mass is 383 g/mol. The maximum Gasteiger partial charge on any atom is 0.279 e. The molecule has 0 radical (unpaired) electrons. The molecule has 2 heterocycles. The average Bonchev–Trinajstić information content (AvgIpc) is 3.18. The lowest BCUT2D eigenvalue weighted by Crippen LogP contribution is -2.30. The Balaban J connectivity index is 1.67. The molecular formula is C23H21N5O. The molecular weight excluding hydrogens is 362 g/mol. The standard InChI is InChI=1S/C23H21N5O/c1-4-14-27-21-13-9-8-12-19(21)22(23(27)29)25-24-15-20-16(2)26-28(17(20)3)18-10-6-5-7-11-18/h4-13,15H,1,14H2,2-3H3/b24-15-,25-22+. The second-order valence-electron chi connectivity index (χ2n) is 6.75. The van der Waals surface area contributed by atoms with E-state index in [1.807, 2.05) is 73.1 Å². The van der Waals surface area contributed by atoms with Crippen molar-refractivity contribution in [1.29, 1.82) is 0 Å². The lowest BCUT2D eigenvalue weighted by atomic mass is 10.1. The molecule has 1 aliphatic rings. The number of anilines is 1. The van der Waals surface area contributed by atoms with Crippen molar-refractivity contribution in [1.82, 2.24) is 9.78 Å². The highest BCUT2D eigenvalue weighted by atomic mass is 16.2. The quantitative estimate of drug-likeness (QED) is 0.382. The van der Waals surface area contributed by atoms with Crippen LogP contribution in [0.15, 0.2) is 77.5 Å². The molecule has 0 unspecified atom stereocenters. The summed E-state index contributed by atoms with van der Waals surface area (Å²) in [7, 11) is 0. The van der Waals surface area contributed by atoms with E-state index in [1.54, 1.807) is 17.2 Å². The number of carbonyl (C=O) groups excluding carboxylic acids is 1. The first-order valence-electron chi connectivity index (χ1n) is 9.36. The van der Waals surface area contributed by atoms with Gasteiger partial charge in [-0.05, 0) is 32.0 Å². The largest absolute Gasteiger partial charge is 0.302 e. The molecule has 4 rings (SSSR count). The van der Waals surface area contributed by atoms with Gasteiger partial charge in [-0.3, -0.25) is 4.79 Å². The number of amides is 1. The number of para-hydroxylation sites is 2.